The van der Waals surface area contributed by atoms with Gasteiger partial charge in [0.2, 0.25) is 0 Å². The first-order valence-electron chi connectivity index (χ1n) is 2.28. The number of amides is 1. The Morgan fingerprint density at radius 2 is 1.80 bits per heavy atom. The lowest BCUT2D eigenvalue weighted by Crippen LogP contribution is -2.29. The average molecular weight is 141 g/mol. The molecule has 0 spiro atoms. The molecule has 0 aliphatic carbocycles. The number of primary amides is 1. The highest BCUT2D eigenvalue weighted by Crippen LogP contribution is 1.61. The maximum atomic E-state index is 8.67. The summed E-state index contributed by atoms with van der Waals surface area (Å²) < 4.78 is 0. The minimum Gasteiger partial charge on any atom is -0.530 e. The number of hydrogen-bond donors (Lipinski definition) is 1. The van der Waals surface area contributed by atoms with E-state index in [2.05, 4.69) is 21.1 Å². The van der Waals surface area contributed by atoms with Crippen LogP contribution in [-0.2, 0) is 0 Å². The van der Waals surface area contributed by atoms with Crippen molar-refractivity contribution in [3.63, 3.8) is 0 Å². The van der Waals surface area contributed by atoms with E-state index in [1.165, 1.54) is 0 Å². The van der Waals surface area contributed by atoms with Gasteiger partial charge in [0.1, 0.15) is 6.09 Å². The van der Waals surface area contributed by atoms with Crippen molar-refractivity contribution < 1.29 is 9.90 Å². The Kier molecular flexibility index (Phi) is 4.49. The predicted molar refractivity (Wildman–Crippen MR) is 29.4 cm³/mol. The smallest absolute Gasteiger partial charge is 0.131 e. The molecule has 1 rings (SSSR count). The fourth-order valence-corrected chi connectivity index (χ4v) is 0.205. The molecular weight excluding hydrogens is 136 g/mol. The molecule has 0 unspecified atom stereocenters. The Labute approximate surface area is 56.7 Å². The van der Waals surface area contributed by atoms with E-state index in [1.54, 1.807) is 18.5 Å². The van der Waals surface area contributed by atoms with Crippen molar-refractivity contribution in [3.8, 4) is 0 Å². The molecule has 54 valence electrons. The summed E-state index contributed by atoms with van der Waals surface area (Å²) >= 11 is 0. The fraction of sp³-hybridized carbons (Fsp3) is 0. The molecule has 2 N–H and O–H groups in total. The van der Waals surface area contributed by atoms with E-state index < -0.39 is 6.09 Å². The van der Waals surface area contributed by atoms with Crippen molar-refractivity contribution in [2.24, 2.45) is 5.73 Å². The van der Waals surface area contributed by atoms with Crippen LogP contribution in [-0.4, -0.2) is 21.5 Å². The van der Waals surface area contributed by atoms with Gasteiger partial charge in [0.25, 0.3) is 0 Å². The number of carbonyl (C=O) groups is 1. The number of rotatable bonds is 0. The summed E-state index contributed by atoms with van der Waals surface area (Å²) in [6.07, 6.45) is 1.57. The molecular formula is C4H5N4O2-. The molecule has 0 bridgehead atoms. The number of nitrogens with two attached hydrogens (primary N) is 1. The number of nitrogens with zero attached hydrogens (tertiary/aromatic N) is 3. The highest BCUT2D eigenvalue weighted by molar-refractivity contribution is 5.58. The molecule has 0 fully saturated rings. The third-order valence-electron chi connectivity index (χ3n) is 0.409. The molecule has 0 radical (unpaired) electrons. The van der Waals surface area contributed by atoms with Gasteiger partial charge in [0.05, 0.1) is 12.4 Å². The van der Waals surface area contributed by atoms with Gasteiger partial charge in [-0.15, -0.1) is 10.2 Å². The van der Waals surface area contributed by atoms with E-state index in [4.69, 9.17) is 9.90 Å². The Hall–Kier alpha value is -1.72. The Morgan fingerprint density at radius 3 is 1.90 bits per heavy atom. The quantitative estimate of drug-likeness (QED) is 0.457. The van der Waals surface area contributed by atoms with Gasteiger partial charge in [-0.2, -0.15) is 0 Å². The molecule has 0 aromatic carbocycles. The number of carboxylic acid groups (broad SMARTS) is 1. The van der Waals surface area contributed by atoms with Gasteiger partial charge >= 0.3 is 0 Å². The van der Waals surface area contributed by atoms with Crippen molar-refractivity contribution in [2.45, 2.75) is 0 Å². The molecule has 1 amide bonds. The van der Waals surface area contributed by atoms with E-state index in [0.717, 1.165) is 0 Å². The molecule has 0 aliphatic rings. The fourth-order valence-electron chi connectivity index (χ4n) is 0.205. The summed E-state index contributed by atoms with van der Waals surface area (Å²) in [7, 11) is 0. The van der Waals surface area contributed by atoms with Crippen LogP contribution in [0.15, 0.2) is 18.5 Å². The van der Waals surface area contributed by atoms with Crippen LogP contribution in [0.4, 0.5) is 4.79 Å². The second kappa shape index (κ2) is 5.42. The zero-order valence-corrected chi connectivity index (χ0v) is 4.97. The number of aromatic nitrogens is 3. The summed E-state index contributed by atoms with van der Waals surface area (Å²) in [5.74, 6) is 0. The van der Waals surface area contributed by atoms with Gasteiger partial charge in [-0.25, -0.2) is 0 Å². The standard InChI is InChI=1S/C3H3N3.CH3NO2/c1-2-4-6-5-3-1;2-1(3)4/h1-3H;2H2,(H,3,4)/p-1. The van der Waals surface area contributed by atoms with Crippen LogP contribution in [0.1, 0.15) is 0 Å². The monoisotopic (exact) mass is 141 g/mol. The highest BCUT2D eigenvalue weighted by Gasteiger charge is 1.60. The van der Waals surface area contributed by atoms with Crippen LogP contribution in [0.5, 0.6) is 0 Å². The van der Waals surface area contributed by atoms with Crippen LogP contribution in [0.25, 0.3) is 0 Å². The maximum Gasteiger partial charge on any atom is 0.131 e. The molecule has 0 atom stereocenters. The first-order chi connectivity index (χ1) is 4.73. The van der Waals surface area contributed by atoms with Crippen molar-refractivity contribution in [3.05, 3.63) is 18.5 Å². The minimum atomic E-state index is -1.58. The molecule has 6 heteroatoms. The molecule has 1 heterocycles. The van der Waals surface area contributed by atoms with Gasteiger partial charge in [0, 0.05) is 0 Å². The normalized spacial score (nSPS) is 7.20. The minimum absolute atomic E-state index is 1.58. The number of carbonyl (C=O) groups excluding carboxylic acids is 1. The summed E-state index contributed by atoms with van der Waals surface area (Å²) in [4.78, 5) is 8.67. The van der Waals surface area contributed by atoms with Gasteiger partial charge in [-0.05, 0) is 11.3 Å². The van der Waals surface area contributed by atoms with Crippen LogP contribution < -0.4 is 10.8 Å². The first kappa shape index (κ1) is 8.28. The zero-order valence-electron chi connectivity index (χ0n) is 4.97. The van der Waals surface area contributed by atoms with E-state index >= 15 is 0 Å². The van der Waals surface area contributed by atoms with E-state index in [1.807, 2.05) is 0 Å². The van der Waals surface area contributed by atoms with Crippen LogP contribution in [0.2, 0.25) is 0 Å². The third kappa shape index (κ3) is 9.56. The van der Waals surface area contributed by atoms with Gasteiger partial charge in [0.15, 0.2) is 0 Å². The summed E-state index contributed by atoms with van der Waals surface area (Å²) in [5.41, 5.74) is 3.92. The first-order valence-corrected chi connectivity index (χ1v) is 2.28. The topological polar surface area (TPSA) is 105 Å². The Morgan fingerprint density at radius 1 is 1.40 bits per heavy atom. The Bertz CT molecular complexity index is 147. The van der Waals surface area contributed by atoms with Crippen molar-refractivity contribution >= 4 is 6.09 Å². The lowest BCUT2D eigenvalue weighted by Gasteiger charge is -1.78. The van der Waals surface area contributed by atoms with Gasteiger partial charge in [-0.3, -0.25) is 0 Å². The third-order valence-corrected chi connectivity index (χ3v) is 0.409. The molecule has 1 aromatic rings. The number of hydrogen-bond acceptors (Lipinski definition) is 5. The SMILES string of the molecule is NC(=O)[O-].c1cnnnc1. The van der Waals surface area contributed by atoms with E-state index in [0.29, 0.717) is 0 Å². The van der Waals surface area contributed by atoms with Crippen molar-refractivity contribution in [1.29, 1.82) is 0 Å². The van der Waals surface area contributed by atoms with E-state index in [-0.39, 0.29) is 0 Å². The highest BCUT2D eigenvalue weighted by atomic mass is 16.4. The van der Waals surface area contributed by atoms with Crippen LogP contribution in [0.3, 0.4) is 0 Å². The summed E-state index contributed by atoms with van der Waals surface area (Å²) in [6, 6.07) is 1.72. The lowest BCUT2D eigenvalue weighted by atomic mass is 10.7. The maximum absolute atomic E-state index is 8.67. The zero-order chi connectivity index (χ0) is 7.82. The van der Waals surface area contributed by atoms with E-state index in [9.17, 15) is 0 Å². The van der Waals surface area contributed by atoms with Crippen molar-refractivity contribution in [2.75, 3.05) is 0 Å². The summed E-state index contributed by atoms with van der Waals surface area (Å²) in [5, 5.41) is 18.8. The molecule has 10 heavy (non-hydrogen) atoms. The van der Waals surface area contributed by atoms with Crippen LogP contribution in [0, 0.1) is 0 Å². The van der Waals surface area contributed by atoms with Crippen LogP contribution >= 0.6 is 0 Å². The van der Waals surface area contributed by atoms with Gasteiger partial charge in [-0.1, -0.05) is 0 Å². The van der Waals surface area contributed by atoms with Gasteiger partial charge < -0.3 is 15.6 Å². The molecule has 0 saturated heterocycles. The van der Waals surface area contributed by atoms with Crippen molar-refractivity contribution in [1.82, 2.24) is 15.4 Å². The molecule has 6 nitrogen and oxygen atoms in total. The Balaban J connectivity index is 0.000000180. The predicted octanol–water partition coefficient (Wildman–Crippen LogP) is -1.84. The molecule has 0 aliphatic heterocycles. The lowest BCUT2D eigenvalue weighted by molar-refractivity contribution is -0.245. The second-order valence-electron chi connectivity index (χ2n) is 1.13. The molecule has 0 saturated carbocycles. The molecule has 1 aromatic heterocycles. The summed E-state index contributed by atoms with van der Waals surface area (Å²) in [6.45, 7) is 0. The average Bonchev–Trinajstić information content (AvgIpc) is 1.90. The largest absolute Gasteiger partial charge is 0.530 e. The second-order valence-corrected chi connectivity index (χ2v) is 1.13.